The molecular weight excluding hydrogens is 656 g/mol. The number of carboxylic acid groups (broad SMARTS) is 1. The van der Waals surface area contributed by atoms with Gasteiger partial charge in [-0.05, 0) is 83.5 Å². The summed E-state index contributed by atoms with van der Waals surface area (Å²) in [5, 5.41) is 10.4. The number of unbranched alkanes of at least 4 members (excludes halogenated alkanes) is 9. The summed E-state index contributed by atoms with van der Waals surface area (Å²) >= 11 is 0. The third-order valence-electron chi connectivity index (χ3n) is 13.9. The highest BCUT2D eigenvalue weighted by Gasteiger charge is 2.66. The van der Waals surface area contributed by atoms with E-state index < -0.39 is 5.97 Å². The first-order valence-electron chi connectivity index (χ1n) is 21.5. The van der Waals surface area contributed by atoms with Gasteiger partial charge in [0.15, 0.2) is 0 Å². The lowest BCUT2D eigenvalue weighted by molar-refractivity contribution is -0.261. The lowest BCUT2D eigenvalue weighted by Crippen LogP contribution is -2.65. The topological polar surface area (TPSA) is 92.7 Å². The zero-order valence-electron chi connectivity index (χ0n) is 33.6. The van der Waals surface area contributed by atoms with Gasteiger partial charge in [0.2, 0.25) is 0 Å². The molecule has 1 N–H and O–H groups in total. The summed E-state index contributed by atoms with van der Waals surface area (Å²) in [5.41, 5.74) is 0.646. The molecule has 0 spiro atoms. The van der Waals surface area contributed by atoms with Crippen molar-refractivity contribution >= 4 is 5.97 Å². The van der Waals surface area contributed by atoms with E-state index >= 15 is 0 Å². The van der Waals surface area contributed by atoms with Gasteiger partial charge in [-0.3, -0.25) is 0 Å². The fourth-order valence-corrected chi connectivity index (χ4v) is 11.2. The van der Waals surface area contributed by atoms with Crippen LogP contribution in [0.1, 0.15) is 163 Å². The first-order valence-corrected chi connectivity index (χ1v) is 21.5. The van der Waals surface area contributed by atoms with E-state index in [0.29, 0.717) is 34.3 Å². The van der Waals surface area contributed by atoms with Crippen LogP contribution in [0.4, 0.5) is 0 Å². The molecule has 7 rings (SSSR count). The predicted molar refractivity (Wildman–Crippen MR) is 203 cm³/mol. The van der Waals surface area contributed by atoms with Crippen molar-refractivity contribution in [3.8, 4) is 0 Å². The minimum Gasteiger partial charge on any atom is -0.497 e. The normalized spacial score (nSPS) is 32.4. The van der Waals surface area contributed by atoms with Crippen molar-refractivity contribution in [3.63, 3.8) is 0 Å². The van der Waals surface area contributed by atoms with Crippen LogP contribution in [0.25, 0.3) is 0 Å². The number of carboxylic acids is 1. The molecule has 0 aromatic carbocycles. The van der Waals surface area contributed by atoms with Crippen LogP contribution in [0.15, 0.2) is 11.3 Å². The van der Waals surface area contributed by atoms with E-state index in [1.54, 1.807) is 6.92 Å². The summed E-state index contributed by atoms with van der Waals surface area (Å²) in [6.07, 6.45) is 23.4. The van der Waals surface area contributed by atoms with E-state index in [9.17, 15) is 9.90 Å². The fraction of sp³-hybridized carbons (Fsp3) is 0.932. The second-order valence-electron chi connectivity index (χ2n) is 19.9. The van der Waals surface area contributed by atoms with Gasteiger partial charge in [0.05, 0.1) is 63.0 Å². The molecule has 3 saturated heterocycles. The van der Waals surface area contributed by atoms with Gasteiger partial charge in [0.25, 0.3) is 0 Å². The van der Waals surface area contributed by atoms with Gasteiger partial charge in [-0.15, -0.1) is 0 Å². The lowest BCUT2D eigenvalue weighted by atomic mass is 9.45. The second kappa shape index (κ2) is 17.3. The van der Waals surface area contributed by atoms with Crippen LogP contribution in [-0.2, 0) is 33.2 Å². The van der Waals surface area contributed by atoms with Crippen LogP contribution in [0.2, 0.25) is 0 Å². The standard InChI is InChI=1S/C44H74O8/c1-35(38(45)46)37(50-20-14-8-5-11-17-39(2)29-47-30-39)42-23-36-24-43(26-42,51-21-15-9-6-12-18-40(3)31-48-32-40)28-44(25-36,27-42)52-22-16-10-7-13-19-41(4)33-49-34-41/h36H,5-34H2,1-4H3,(H,45,46). The Morgan fingerprint density at radius 1 is 0.577 bits per heavy atom. The number of carbonyl (C=O) groups is 1. The van der Waals surface area contributed by atoms with E-state index in [4.69, 9.17) is 28.4 Å². The Morgan fingerprint density at radius 2 is 0.981 bits per heavy atom. The molecule has 7 aliphatic rings. The summed E-state index contributed by atoms with van der Waals surface area (Å²) in [6, 6.07) is 0. The molecule has 4 bridgehead atoms. The number of rotatable bonds is 26. The first-order chi connectivity index (χ1) is 24.9. The van der Waals surface area contributed by atoms with Crippen molar-refractivity contribution in [3.05, 3.63) is 11.3 Å². The Balaban J connectivity index is 1.06. The van der Waals surface area contributed by atoms with Crippen LogP contribution in [0, 0.1) is 27.6 Å². The van der Waals surface area contributed by atoms with Crippen molar-refractivity contribution in [2.75, 3.05) is 59.5 Å². The second-order valence-corrected chi connectivity index (χ2v) is 19.9. The van der Waals surface area contributed by atoms with Crippen LogP contribution in [0.5, 0.6) is 0 Å². The largest absolute Gasteiger partial charge is 0.497 e. The Hall–Kier alpha value is -1.19. The minimum atomic E-state index is -0.865. The van der Waals surface area contributed by atoms with Gasteiger partial charge in [-0.1, -0.05) is 78.6 Å². The fourth-order valence-electron chi connectivity index (χ4n) is 11.2. The van der Waals surface area contributed by atoms with Crippen molar-refractivity contribution < 1.29 is 38.3 Å². The molecule has 8 heteroatoms. The number of allylic oxidation sites excluding steroid dienone is 1. The molecule has 0 radical (unpaired) electrons. The maximum absolute atomic E-state index is 12.6. The van der Waals surface area contributed by atoms with Crippen LogP contribution in [0.3, 0.4) is 0 Å². The molecule has 298 valence electrons. The molecule has 0 amide bonds. The van der Waals surface area contributed by atoms with Crippen LogP contribution >= 0.6 is 0 Å². The van der Waals surface area contributed by atoms with Crippen molar-refractivity contribution in [2.45, 2.75) is 174 Å². The number of hydrogen-bond acceptors (Lipinski definition) is 7. The summed E-state index contributed by atoms with van der Waals surface area (Å²) in [4.78, 5) is 12.6. The average molecular weight is 731 g/mol. The molecule has 52 heavy (non-hydrogen) atoms. The third kappa shape index (κ3) is 10.2. The molecular formula is C44H74O8. The SMILES string of the molecule is CC(C(=O)O)=C(OCCCCCCC1(C)COC1)C12CC3CC(OCCCCCCC4(C)COC4)(CC(OCCCCCCC4(C)COC4)(C3)C1)C2. The Labute approximate surface area is 315 Å². The summed E-state index contributed by atoms with van der Waals surface area (Å²) in [6.45, 7) is 16.3. The van der Waals surface area contributed by atoms with Crippen molar-refractivity contribution in [1.82, 2.24) is 0 Å². The molecule has 7 fully saturated rings. The zero-order chi connectivity index (χ0) is 36.8. The molecule has 2 unspecified atom stereocenters. The molecule has 2 atom stereocenters. The monoisotopic (exact) mass is 731 g/mol. The Kier molecular flexibility index (Phi) is 13.5. The van der Waals surface area contributed by atoms with E-state index in [0.717, 1.165) is 123 Å². The molecule has 3 heterocycles. The van der Waals surface area contributed by atoms with Gasteiger partial charge >= 0.3 is 5.97 Å². The molecule has 0 aromatic rings. The number of ether oxygens (including phenoxy) is 6. The molecule has 0 aromatic heterocycles. The predicted octanol–water partition coefficient (Wildman–Crippen LogP) is 9.82. The van der Waals surface area contributed by atoms with E-state index in [1.807, 2.05) is 0 Å². The van der Waals surface area contributed by atoms with E-state index in [2.05, 4.69) is 20.8 Å². The number of hydrogen-bond donors (Lipinski definition) is 1. The maximum Gasteiger partial charge on any atom is 0.334 e. The van der Waals surface area contributed by atoms with Gasteiger partial charge in [0.1, 0.15) is 5.76 Å². The Bertz CT molecular complexity index is 1150. The third-order valence-corrected chi connectivity index (χ3v) is 13.9. The molecule has 8 nitrogen and oxygen atoms in total. The Morgan fingerprint density at radius 3 is 1.37 bits per heavy atom. The number of aliphatic carboxylic acids is 1. The van der Waals surface area contributed by atoms with Crippen molar-refractivity contribution in [1.29, 1.82) is 0 Å². The summed E-state index contributed by atoms with van der Waals surface area (Å²) < 4.78 is 37.1. The van der Waals surface area contributed by atoms with Crippen LogP contribution < -0.4 is 0 Å². The summed E-state index contributed by atoms with van der Waals surface area (Å²) in [7, 11) is 0. The van der Waals surface area contributed by atoms with Gasteiger partial charge in [-0.25, -0.2) is 4.79 Å². The highest BCUT2D eigenvalue weighted by Crippen LogP contribution is 2.68. The van der Waals surface area contributed by atoms with E-state index in [-0.39, 0.29) is 16.6 Å². The van der Waals surface area contributed by atoms with Gasteiger partial charge in [0, 0.05) is 41.3 Å². The zero-order valence-corrected chi connectivity index (χ0v) is 33.6. The quantitative estimate of drug-likeness (QED) is 0.0535. The first kappa shape index (κ1) is 40.5. The lowest BCUT2D eigenvalue weighted by Gasteiger charge is -2.66. The van der Waals surface area contributed by atoms with Crippen molar-refractivity contribution in [2.24, 2.45) is 27.6 Å². The smallest absolute Gasteiger partial charge is 0.334 e. The highest BCUT2D eigenvalue weighted by atomic mass is 16.5. The molecule has 3 aliphatic heterocycles. The van der Waals surface area contributed by atoms with Gasteiger partial charge < -0.3 is 33.5 Å². The maximum atomic E-state index is 12.6. The van der Waals surface area contributed by atoms with Gasteiger partial charge in [-0.2, -0.15) is 0 Å². The molecule has 4 saturated carbocycles. The summed E-state index contributed by atoms with van der Waals surface area (Å²) in [5.74, 6) is 0.326. The van der Waals surface area contributed by atoms with Crippen LogP contribution in [-0.4, -0.2) is 81.7 Å². The van der Waals surface area contributed by atoms with E-state index in [1.165, 1.54) is 70.6 Å². The highest BCUT2D eigenvalue weighted by molar-refractivity contribution is 5.86. The average Bonchev–Trinajstić information content (AvgIpc) is 3.05. The molecule has 4 aliphatic carbocycles. The minimum absolute atomic E-state index is 0.273.